The second-order valence-electron chi connectivity index (χ2n) is 9.21. The fourth-order valence-corrected chi connectivity index (χ4v) is 4.12. The number of carbonyl (C=O) groups is 1. The second-order valence-corrected chi connectivity index (χ2v) is 14.8. The predicted octanol–water partition coefficient (Wildman–Crippen LogP) is 5.07. The van der Waals surface area contributed by atoms with Crippen LogP contribution >= 0.6 is 0 Å². The molecule has 0 bridgehead atoms. The van der Waals surface area contributed by atoms with Crippen molar-refractivity contribution < 1.29 is 14.6 Å². The fourth-order valence-electron chi connectivity index (χ4n) is 3.36. The number of phenolic OH excluding ortho intramolecular Hbond substituents is 1. The van der Waals surface area contributed by atoms with Crippen LogP contribution in [0.3, 0.4) is 0 Å². The number of para-hydroxylation sites is 1. The summed E-state index contributed by atoms with van der Waals surface area (Å²) < 4.78 is 7.91. The Morgan fingerprint density at radius 1 is 1.20 bits per heavy atom. The smallest absolute Gasteiger partial charge is 0.228 e. The standard InChI is InChI=1S/C23H29N3O3Si/c1-30(2,3)13-12-29-15-26-14-19(17-6-4-5-7-20(17)27)18-10-11-21(24-22(18)26)25-23(28)16-8-9-16/h4-7,10-11,14,16,27H,8-9,12-13,15H2,1-3H3,(H,24,25,28). The second kappa shape index (κ2) is 8.24. The van der Waals surface area contributed by atoms with Gasteiger partial charge in [0, 0.05) is 43.3 Å². The van der Waals surface area contributed by atoms with Crippen LogP contribution in [0.5, 0.6) is 5.75 Å². The van der Waals surface area contributed by atoms with E-state index in [2.05, 4.69) is 25.0 Å². The number of hydrogen-bond acceptors (Lipinski definition) is 4. The van der Waals surface area contributed by atoms with Gasteiger partial charge in [-0.05, 0) is 37.1 Å². The Kier molecular flexibility index (Phi) is 5.66. The van der Waals surface area contributed by atoms with Crippen molar-refractivity contribution in [1.82, 2.24) is 9.55 Å². The van der Waals surface area contributed by atoms with Crippen LogP contribution in [0.1, 0.15) is 12.8 Å². The SMILES string of the molecule is C[Si](C)(C)CCOCn1cc(-c2ccccc2O)c2ccc(NC(=O)C3CC3)nc21. The van der Waals surface area contributed by atoms with E-state index in [1.165, 1.54) is 0 Å². The highest BCUT2D eigenvalue weighted by atomic mass is 28.3. The Bertz CT molecular complexity index is 1070. The number of hydrogen-bond donors (Lipinski definition) is 2. The molecule has 1 aromatic carbocycles. The van der Waals surface area contributed by atoms with Crippen molar-refractivity contribution in [1.29, 1.82) is 0 Å². The van der Waals surface area contributed by atoms with Gasteiger partial charge in [-0.15, -0.1) is 0 Å². The van der Waals surface area contributed by atoms with E-state index in [-0.39, 0.29) is 17.6 Å². The van der Waals surface area contributed by atoms with Gasteiger partial charge in [0.25, 0.3) is 0 Å². The van der Waals surface area contributed by atoms with E-state index in [1.807, 2.05) is 35.0 Å². The lowest BCUT2D eigenvalue weighted by Gasteiger charge is -2.15. The summed E-state index contributed by atoms with van der Waals surface area (Å²) in [6.45, 7) is 8.07. The molecule has 158 valence electrons. The molecule has 3 aromatic rings. The lowest BCUT2D eigenvalue weighted by atomic mass is 10.1. The molecular formula is C23H29N3O3Si. The molecule has 2 aromatic heterocycles. The number of phenols is 1. The van der Waals surface area contributed by atoms with Gasteiger partial charge in [0.05, 0.1) is 0 Å². The molecule has 1 fully saturated rings. The molecular weight excluding hydrogens is 394 g/mol. The number of pyridine rings is 1. The van der Waals surface area contributed by atoms with Crippen LogP contribution in [0.2, 0.25) is 25.7 Å². The normalized spacial score (nSPS) is 14.2. The number of fused-ring (bicyclic) bond motifs is 1. The number of ether oxygens (including phenoxy) is 1. The monoisotopic (exact) mass is 423 g/mol. The van der Waals surface area contributed by atoms with E-state index in [1.54, 1.807) is 12.1 Å². The highest BCUT2D eigenvalue weighted by Gasteiger charge is 2.30. The first kappa shape index (κ1) is 20.6. The first-order valence-corrected chi connectivity index (χ1v) is 14.2. The molecule has 0 spiro atoms. The number of nitrogens with one attached hydrogen (secondary N) is 1. The molecule has 0 saturated heterocycles. The average molecular weight is 424 g/mol. The van der Waals surface area contributed by atoms with E-state index in [0.717, 1.165) is 41.0 Å². The quantitative estimate of drug-likeness (QED) is 0.392. The van der Waals surface area contributed by atoms with Gasteiger partial charge in [0.2, 0.25) is 5.91 Å². The van der Waals surface area contributed by atoms with Crippen LogP contribution in [0.15, 0.2) is 42.6 Å². The number of aromatic hydroxyl groups is 1. The van der Waals surface area contributed by atoms with Gasteiger partial charge in [-0.2, -0.15) is 0 Å². The van der Waals surface area contributed by atoms with Gasteiger partial charge in [-0.25, -0.2) is 4.98 Å². The highest BCUT2D eigenvalue weighted by Crippen LogP contribution is 2.36. The topological polar surface area (TPSA) is 76.4 Å². The summed E-state index contributed by atoms with van der Waals surface area (Å²) in [5.41, 5.74) is 2.37. The minimum atomic E-state index is -1.17. The third-order valence-corrected chi connectivity index (χ3v) is 7.05. The third-order valence-electron chi connectivity index (χ3n) is 5.34. The van der Waals surface area contributed by atoms with Crippen LogP contribution in [0.25, 0.3) is 22.2 Å². The largest absolute Gasteiger partial charge is 0.507 e. The summed E-state index contributed by atoms with van der Waals surface area (Å²) >= 11 is 0. The molecule has 30 heavy (non-hydrogen) atoms. The van der Waals surface area contributed by atoms with Crippen molar-refractivity contribution in [2.24, 2.45) is 5.92 Å². The summed E-state index contributed by atoms with van der Waals surface area (Å²) in [6, 6.07) is 12.1. The van der Waals surface area contributed by atoms with Gasteiger partial charge >= 0.3 is 0 Å². The molecule has 7 heteroatoms. The van der Waals surface area contributed by atoms with E-state index in [4.69, 9.17) is 9.72 Å². The zero-order chi connectivity index (χ0) is 21.3. The van der Waals surface area contributed by atoms with Crippen molar-refractivity contribution in [3.8, 4) is 16.9 Å². The average Bonchev–Trinajstić information content (AvgIpc) is 3.48. The molecule has 0 atom stereocenters. The van der Waals surface area contributed by atoms with E-state index in [0.29, 0.717) is 19.2 Å². The van der Waals surface area contributed by atoms with Crippen molar-refractivity contribution >= 4 is 30.8 Å². The van der Waals surface area contributed by atoms with Crippen molar-refractivity contribution in [3.63, 3.8) is 0 Å². The van der Waals surface area contributed by atoms with Crippen molar-refractivity contribution in [2.75, 3.05) is 11.9 Å². The van der Waals surface area contributed by atoms with Crippen LogP contribution in [-0.4, -0.2) is 35.2 Å². The van der Waals surface area contributed by atoms with Crippen molar-refractivity contribution in [3.05, 3.63) is 42.6 Å². The molecule has 1 aliphatic rings. The Labute approximate surface area is 177 Å². The highest BCUT2D eigenvalue weighted by molar-refractivity contribution is 6.76. The summed E-state index contributed by atoms with van der Waals surface area (Å²) in [4.78, 5) is 16.9. The van der Waals surface area contributed by atoms with Gasteiger partial charge < -0.3 is 19.7 Å². The van der Waals surface area contributed by atoms with E-state index < -0.39 is 8.07 Å². The molecule has 2 N–H and O–H groups in total. The minimum absolute atomic E-state index is 0.0345. The molecule has 1 amide bonds. The van der Waals surface area contributed by atoms with E-state index >= 15 is 0 Å². The van der Waals surface area contributed by atoms with Crippen LogP contribution < -0.4 is 5.32 Å². The number of amides is 1. The number of anilines is 1. The van der Waals surface area contributed by atoms with E-state index in [9.17, 15) is 9.90 Å². The molecule has 2 heterocycles. The van der Waals surface area contributed by atoms with Gasteiger partial charge in [-0.3, -0.25) is 4.79 Å². The fraction of sp³-hybridized carbons (Fsp3) is 0.391. The number of aromatic nitrogens is 2. The number of benzene rings is 1. The third kappa shape index (κ3) is 4.74. The van der Waals surface area contributed by atoms with Gasteiger partial charge in [0.15, 0.2) is 0 Å². The Hall–Kier alpha value is -2.64. The Morgan fingerprint density at radius 3 is 2.67 bits per heavy atom. The van der Waals surface area contributed by atoms with Gasteiger partial charge in [-0.1, -0.05) is 37.8 Å². The molecule has 0 aliphatic heterocycles. The first-order valence-electron chi connectivity index (χ1n) is 10.5. The maximum atomic E-state index is 12.2. The molecule has 0 unspecified atom stereocenters. The Balaban J connectivity index is 1.66. The lowest BCUT2D eigenvalue weighted by molar-refractivity contribution is -0.117. The van der Waals surface area contributed by atoms with Crippen LogP contribution in [0.4, 0.5) is 5.82 Å². The minimum Gasteiger partial charge on any atom is -0.507 e. The predicted molar refractivity (Wildman–Crippen MR) is 122 cm³/mol. The molecule has 6 nitrogen and oxygen atoms in total. The lowest BCUT2D eigenvalue weighted by Crippen LogP contribution is -2.22. The van der Waals surface area contributed by atoms with Crippen molar-refractivity contribution in [2.45, 2.75) is 45.3 Å². The first-order chi connectivity index (χ1) is 14.3. The van der Waals surface area contributed by atoms with Crippen LogP contribution in [0, 0.1) is 5.92 Å². The zero-order valence-corrected chi connectivity index (χ0v) is 18.8. The molecule has 1 aliphatic carbocycles. The van der Waals surface area contributed by atoms with Crippen LogP contribution in [-0.2, 0) is 16.3 Å². The maximum Gasteiger partial charge on any atom is 0.228 e. The molecule has 4 rings (SSSR count). The molecule has 0 radical (unpaired) electrons. The summed E-state index contributed by atoms with van der Waals surface area (Å²) in [5.74, 6) is 0.926. The number of nitrogens with zero attached hydrogens (tertiary/aromatic N) is 2. The molecule has 1 saturated carbocycles. The summed E-state index contributed by atoms with van der Waals surface area (Å²) in [7, 11) is -1.17. The number of carbonyl (C=O) groups excluding carboxylic acids is 1. The number of rotatable bonds is 8. The summed E-state index contributed by atoms with van der Waals surface area (Å²) in [5, 5.41) is 14.2. The zero-order valence-electron chi connectivity index (χ0n) is 17.8. The Morgan fingerprint density at radius 2 is 1.97 bits per heavy atom. The maximum absolute atomic E-state index is 12.2. The van der Waals surface area contributed by atoms with Gasteiger partial charge in [0.1, 0.15) is 23.9 Å². The summed E-state index contributed by atoms with van der Waals surface area (Å²) in [6.07, 6.45) is 3.87.